The van der Waals surface area contributed by atoms with Gasteiger partial charge in [-0.1, -0.05) is 0 Å². The molecule has 0 amide bonds. The highest BCUT2D eigenvalue weighted by Gasteiger charge is 2.15. The highest BCUT2D eigenvalue weighted by Crippen LogP contribution is 2.18. The van der Waals surface area contributed by atoms with Crippen molar-refractivity contribution >= 4 is 11.5 Å². The van der Waals surface area contributed by atoms with Crippen LogP contribution in [0.1, 0.15) is 0 Å². The molecule has 1 heterocycles. The third-order valence-corrected chi connectivity index (χ3v) is 1.09. The van der Waals surface area contributed by atoms with Crippen molar-refractivity contribution in [1.29, 1.82) is 0 Å². The van der Waals surface area contributed by atoms with Crippen molar-refractivity contribution in [3.05, 3.63) is 28.2 Å². The van der Waals surface area contributed by atoms with E-state index in [0.29, 0.717) is 0 Å². The van der Waals surface area contributed by atoms with Crippen LogP contribution in [0.25, 0.3) is 0 Å². The highest BCUT2D eigenvalue weighted by atomic mass is 19.1. The number of nitrogen functional groups attached to an aromatic ring is 1. The molecule has 0 unspecified atom stereocenters. The molecule has 0 aliphatic heterocycles. The average Bonchev–Trinajstić information content (AvgIpc) is 1.94. The fourth-order valence-electron chi connectivity index (χ4n) is 0.590. The zero-order chi connectivity index (χ0) is 8.43. The summed E-state index contributed by atoms with van der Waals surface area (Å²) >= 11 is 0. The van der Waals surface area contributed by atoms with E-state index in [4.69, 9.17) is 5.73 Å². The minimum atomic E-state index is -1.09. The van der Waals surface area contributed by atoms with Crippen LogP contribution in [0.2, 0.25) is 0 Å². The highest BCUT2D eigenvalue weighted by molar-refractivity contribution is 5.42. The minimum Gasteiger partial charge on any atom is -0.381 e. The maximum absolute atomic E-state index is 12.6. The lowest BCUT2D eigenvalue weighted by atomic mass is 10.4. The van der Waals surface area contributed by atoms with Crippen LogP contribution in [0.4, 0.5) is 15.9 Å². The summed E-state index contributed by atoms with van der Waals surface area (Å²) in [5, 5.41) is 10.1. The molecule has 0 fully saturated rings. The Labute approximate surface area is 60.8 Å². The number of nitrogens with zero attached hydrogens (tertiary/aromatic N) is 2. The summed E-state index contributed by atoms with van der Waals surface area (Å²) in [5.41, 5.74) is 4.31. The molecule has 0 aromatic carbocycles. The Kier molecular flexibility index (Phi) is 1.67. The van der Waals surface area contributed by atoms with Gasteiger partial charge in [0.15, 0.2) is 5.82 Å². The molecule has 0 aliphatic carbocycles. The number of aromatic nitrogens is 1. The molecule has 1 aromatic rings. The largest absolute Gasteiger partial charge is 0.381 e. The molecule has 0 saturated heterocycles. The van der Waals surface area contributed by atoms with Gasteiger partial charge in [0.2, 0.25) is 5.82 Å². The van der Waals surface area contributed by atoms with Gasteiger partial charge < -0.3 is 5.73 Å². The Hall–Kier alpha value is -1.72. The molecule has 0 saturated carbocycles. The quantitative estimate of drug-likeness (QED) is 0.480. The van der Waals surface area contributed by atoms with Crippen molar-refractivity contribution in [3.8, 4) is 0 Å². The fourth-order valence-corrected chi connectivity index (χ4v) is 0.590. The number of anilines is 1. The number of hydrogen-bond donors (Lipinski definition) is 1. The van der Waals surface area contributed by atoms with Crippen LogP contribution >= 0.6 is 0 Å². The number of halogens is 1. The van der Waals surface area contributed by atoms with E-state index in [2.05, 4.69) is 4.98 Å². The van der Waals surface area contributed by atoms with Gasteiger partial charge in [-0.05, 0) is 0 Å². The van der Waals surface area contributed by atoms with Gasteiger partial charge in [0, 0.05) is 12.3 Å². The van der Waals surface area contributed by atoms with Crippen LogP contribution in [-0.2, 0) is 0 Å². The Balaban J connectivity index is 3.27. The van der Waals surface area contributed by atoms with Gasteiger partial charge in [-0.15, -0.1) is 0 Å². The number of hydrogen-bond acceptors (Lipinski definition) is 4. The third kappa shape index (κ3) is 1.23. The normalized spacial score (nSPS) is 9.55. The number of nitrogens with two attached hydrogens (primary N) is 1. The molecule has 5 nitrogen and oxygen atoms in total. The lowest BCUT2D eigenvalue weighted by molar-refractivity contribution is -0.387. The molecular weight excluding hydrogens is 153 g/mol. The van der Waals surface area contributed by atoms with E-state index in [1.807, 2.05) is 0 Å². The maximum atomic E-state index is 12.6. The molecule has 0 bridgehead atoms. The molecule has 0 spiro atoms. The summed E-state index contributed by atoms with van der Waals surface area (Å²) in [4.78, 5) is 12.5. The van der Waals surface area contributed by atoms with Crippen LogP contribution in [0.15, 0.2) is 12.3 Å². The van der Waals surface area contributed by atoms with Gasteiger partial charge in [-0.3, -0.25) is 10.1 Å². The second-order valence-corrected chi connectivity index (χ2v) is 1.79. The molecule has 0 aliphatic rings. The van der Waals surface area contributed by atoms with Gasteiger partial charge in [-0.25, -0.2) is 4.98 Å². The van der Waals surface area contributed by atoms with Crippen molar-refractivity contribution in [1.82, 2.24) is 4.98 Å². The van der Waals surface area contributed by atoms with Crippen molar-refractivity contribution < 1.29 is 9.31 Å². The molecule has 2 N–H and O–H groups in total. The third-order valence-electron chi connectivity index (χ3n) is 1.09. The topological polar surface area (TPSA) is 82.0 Å². The van der Waals surface area contributed by atoms with Crippen LogP contribution in [-0.4, -0.2) is 9.91 Å². The van der Waals surface area contributed by atoms with E-state index in [-0.39, 0.29) is 0 Å². The standard InChI is InChI=1S/C5H4FN3O2/c6-4-3(9(10)11)1-2-8-5(4)7/h1-2H,(H2,7,8). The number of pyridine rings is 1. The van der Waals surface area contributed by atoms with Crippen molar-refractivity contribution in [2.24, 2.45) is 0 Å². The Morgan fingerprint density at radius 1 is 1.73 bits per heavy atom. The predicted octanol–water partition coefficient (Wildman–Crippen LogP) is 0.711. The summed E-state index contributed by atoms with van der Waals surface area (Å²) < 4.78 is 12.6. The molecule has 6 heteroatoms. The second kappa shape index (κ2) is 2.49. The van der Waals surface area contributed by atoms with Crippen molar-refractivity contribution in [2.75, 3.05) is 5.73 Å². The average molecular weight is 157 g/mol. The van der Waals surface area contributed by atoms with Crippen molar-refractivity contribution in [3.63, 3.8) is 0 Å². The summed E-state index contributed by atoms with van der Waals surface area (Å²) in [7, 11) is 0. The predicted molar refractivity (Wildman–Crippen MR) is 35.3 cm³/mol. The summed E-state index contributed by atoms with van der Waals surface area (Å²) in [6, 6.07) is 0.950. The Bertz CT molecular complexity index is 302. The molecule has 1 aromatic heterocycles. The lowest BCUT2D eigenvalue weighted by Gasteiger charge is -1.94. The van der Waals surface area contributed by atoms with Crippen LogP contribution < -0.4 is 5.73 Å². The molecule has 0 atom stereocenters. The number of rotatable bonds is 1. The zero-order valence-electron chi connectivity index (χ0n) is 5.32. The van der Waals surface area contributed by atoms with Gasteiger partial charge in [0.05, 0.1) is 4.92 Å². The molecule has 1 rings (SSSR count). The summed E-state index contributed by atoms with van der Waals surface area (Å²) in [6.07, 6.45) is 1.08. The molecular formula is C5H4FN3O2. The first-order valence-corrected chi connectivity index (χ1v) is 2.67. The van der Waals surface area contributed by atoms with E-state index in [0.717, 1.165) is 12.3 Å². The molecule has 11 heavy (non-hydrogen) atoms. The van der Waals surface area contributed by atoms with E-state index in [1.54, 1.807) is 0 Å². The smallest absolute Gasteiger partial charge is 0.310 e. The minimum absolute atomic E-state index is 0.459. The van der Waals surface area contributed by atoms with Gasteiger partial charge in [0.1, 0.15) is 0 Å². The summed E-state index contributed by atoms with van der Waals surface area (Å²) in [6.45, 7) is 0. The van der Waals surface area contributed by atoms with E-state index < -0.39 is 22.2 Å². The van der Waals surface area contributed by atoms with E-state index >= 15 is 0 Å². The Morgan fingerprint density at radius 2 is 2.36 bits per heavy atom. The summed E-state index contributed by atoms with van der Waals surface area (Å²) in [5.74, 6) is -1.54. The van der Waals surface area contributed by atoms with Gasteiger partial charge >= 0.3 is 5.69 Å². The van der Waals surface area contributed by atoms with Crippen LogP contribution in [0, 0.1) is 15.9 Å². The van der Waals surface area contributed by atoms with Gasteiger partial charge in [0.25, 0.3) is 0 Å². The first kappa shape index (κ1) is 7.39. The second-order valence-electron chi connectivity index (χ2n) is 1.79. The first-order valence-electron chi connectivity index (χ1n) is 2.67. The Morgan fingerprint density at radius 3 is 2.82 bits per heavy atom. The SMILES string of the molecule is Nc1nccc([N+](=O)[O-])c1F. The zero-order valence-corrected chi connectivity index (χ0v) is 5.32. The molecule has 0 radical (unpaired) electrons. The maximum Gasteiger partial charge on any atom is 0.310 e. The fraction of sp³-hybridized carbons (Fsp3) is 0. The first-order chi connectivity index (χ1) is 5.13. The van der Waals surface area contributed by atoms with E-state index in [9.17, 15) is 14.5 Å². The van der Waals surface area contributed by atoms with Crippen molar-refractivity contribution in [2.45, 2.75) is 0 Å². The van der Waals surface area contributed by atoms with E-state index in [1.165, 1.54) is 0 Å². The van der Waals surface area contributed by atoms with Crippen LogP contribution in [0.5, 0.6) is 0 Å². The number of nitro groups is 1. The lowest BCUT2D eigenvalue weighted by Crippen LogP contribution is -1.99. The van der Waals surface area contributed by atoms with Gasteiger partial charge in [-0.2, -0.15) is 4.39 Å². The van der Waals surface area contributed by atoms with Crippen LogP contribution in [0.3, 0.4) is 0 Å². The molecule has 58 valence electrons. The monoisotopic (exact) mass is 157 g/mol.